The molecule has 1 unspecified atom stereocenters. The van der Waals surface area contributed by atoms with Gasteiger partial charge in [-0.2, -0.15) is 11.8 Å². The summed E-state index contributed by atoms with van der Waals surface area (Å²) in [6.45, 7) is 3.80. The molecule has 114 valence electrons. The monoisotopic (exact) mass is 299 g/mol. The second-order valence-electron chi connectivity index (χ2n) is 4.29. The van der Waals surface area contributed by atoms with Gasteiger partial charge in [0.05, 0.1) is 20.8 Å². The number of hydrogen-bond acceptors (Lipinski definition) is 5. The van der Waals surface area contributed by atoms with E-state index < -0.39 is 0 Å². The highest BCUT2D eigenvalue weighted by molar-refractivity contribution is 7.99. The molecular weight excluding hydrogens is 274 g/mol. The summed E-state index contributed by atoms with van der Waals surface area (Å²) in [6.07, 6.45) is 0. The van der Waals surface area contributed by atoms with Crippen LogP contribution in [-0.2, 0) is 4.74 Å². The third kappa shape index (κ3) is 5.23. The maximum absolute atomic E-state index is 5.47. The van der Waals surface area contributed by atoms with Crippen LogP contribution in [0.2, 0.25) is 0 Å². The predicted octanol–water partition coefficient (Wildman–Crippen LogP) is 2.73. The third-order valence-electron chi connectivity index (χ3n) is 2.98. The van der Waals surface area contributed by atoms with Crippen molar-refractivity contribution in [2.75, 3.05) is 46.0 Å². The van der Waals surface area contributed by atoms with Crippen LogP contribution in [-0.4, -0.2) is 46.0 Å². The number of hydrogen-bond donors (Lipinski definition) is 1. The lowest BCUT2D eigenvalue weighted by Crippen LogP contribution is -2.24. The normalized spacial score (nSPS) is 12.2. The van der Waals surface area contributed by atoms with Crippen LogP contribution in [0.5, 0.6) is 11.5 Å². The molecule has 5 heteroatoms. The molecule has 0 amide bonds. The molecule has 20 heavy (non-hydrogen) atoms. The Morgan fingerprint density at radius 3 is 2.60 bits per heavy atom. The van der Waals surface area contributed by atoms with E-state index in [2.05, 4.69) is 12.2 Å². The standard InChI is InChI=1S/C15H25NO3S/c1-5-16-14(11-20-9-8-17-2)13-10-12(18-3)6-7-15(13)19-4/h6-7,10,14,16H,5,8-9,11H2,1-4H3. The fourth-order valence-electron chi connectivity index (χ4n) is 1.96. The molecule has 0 spiro atoms. The largest absolute Gasteiger partial charge is 0.497 e. The van der Waals surface area contributed by atoms with E-state index in [1.54, 1.807) is 21.3 Å². The summed E-state index contributed by atoms with van der Waals surface area (Å²) in [4.78, 5) is 0. The smallest absolute Gasteiger partial charge is 0.123 e. The third-order valence-corrected chi connectivity index (χ3v) is 4.00. The topological polar surface area (TPSA) is 39.7 Å². The fourth-order valence-corrected chi connectivity index (χ4v) is 2.94. The Hall–Kier alpha value is -0.910. The molecule has 0 aliphatic carbocycles. The Morgan fingerprint density at radius 2 is 2.00 bits per heavy atom. The molecule has 0 aliphatic heterocycles. The van der Waals surface area contributed by atoms with Gasteiger partial charge in [0.15, 0.2) is 0 Å². The Balaban J connectivity index is 2.82. The van der Waals surface area contributed by atoms with Gasteiger partial charge in [-0.05, 0) is 24.7 Å². The maximum Gasteiger partial charge on any atom is 0.123 e. The van der Waals surface area contributed by atoms with E-state index >= 15 is 0 Å². The van der Waals surface area contributed by atoms with E-state index in [0.717, 1.165) is 41.7 Å². The molecule has 0 heterocycles. The van der Waals surface area contributed by atoms with Crippen LogP contribution in [0, 0.1) is 0 Å². The minimum Gasteiger partial charge on any atom is -0.497 e. The zero-order valence-corrected chi connectivity index (χ0v) is 13.6. The average Bonchev–Trinajstić information content (AvgIpc) is 2.49. The molecular formula is C15H25NO3S. The molecule has 1 aromatic carbocycles. The summed E-state index contributed by atoms with van der Waals surface area (Å²) >= 11 is 1.87. The lowest BCUT2D eigenvalue weighted by atomic mass is 10.1. The SMILES string of the molecule is CCNC(CSCCOC)c1cc(OC)ccc1OC. The van der Waals surface area contributed by atoms with Gasteiger partial charge in [0, 0.05) is 30.2 Å². The van der Waals surface area contributed by atoms with Crippen molar-refractivity contribution < 1.29 is 14.2 Å². The van der Waals surface area contributed by atoms with E-state index in [9.17, 15) is 0 Å². The van der Waals surface area contributed by atoms with Gasteiger partial charge in [0.2, 0.25) is 0 Å². The highest BCUT2D eigenvalue weighted by atomic mass is 32.2. The first kappa shape index (κ1) is 17.1. The molecule has 0 bridgehead atoms. The highest BCUT2D eigenvalue weighted by Crippen LogP contribution is 2.31. The van der Waals surface area contributed by atoms with Crippen molar-refractivity contribution in [1.29, 1.82) is 0 Å². The molecule has 0 saturated carbocycles. The zero-order valence-electron chi connectivity index (χ0n) is 12.8. The minimum absolute atomic E-state index is 0.243. The number of methoxy groups -OCH3 is 3. The van der Waals surface area contributed by atoms with Crippen molar-refractivity contribution in [3.63, 3.8) is 0 Å². The second-order valence-corrected chi connectivity index (χ2v) is 5.44. The summed E-state index contributed by atoms with van der Waals surface area (Å²) in [5.74, 6) is 3.71. The van der Waals surface area contributed by atoms with E-state index in [1.165, 1.54) is 0 Å². The van der Waals surface area contributed by atoms with Gasteiger partial charge < -0.3 is 19.5 Å². The Bertz CT molecular complexity index is 387. The van der Waals surface area contributed by atoms with Crippen LogP contribution in [0.1, 0.15) is 18.5 Å². The molecule has 0 aliphatic rings. The lowest BCUT2D eigenvalue weighted by molar-refractivity contribution is 0.218. The van der Waals surface area contributed by atoms with E-state index in [4.69, 9.17) is 14.2 Å². The quantitative estimate of drug-likeness (QED) is 0.673. The second kappa shape index (κ2) is 9.91. The zero-order chi connectivity index (χ0) is 14.8. The van der Waals surface area contributed by atoms with E-state index in [1.807, 2.05) is 30.0 Å². The Labute approximate surface area is 126 Å². The van der Waals surface area contributed by atoms with Crippen LogP contribution in [0.15, 0.2) is 18.2 Å². The first-order valence-corrected chi connectivity index (χ1v) is 7.94. The van der Waals surface area contributed by atoms with Crippen molar-refractivity contribution >= 4 is 11.8 Å². The lowest BCUT2D eigenvalue weighted by Gasteiger charge is -2.21. The van der Waals surface area contributed by atoms with Gasteiger partial charge in [-0.3, -0.25) is 0 Å². The first-order valence-electron chi connectivity index (χ1n) is 6.78. The van der Waals surface area contributed by atoms with Gasteiger partial charge in [-0.15, -0.1) is 0 Å². The molecule has 4 nitrogen and oxygen atoms in total. The van der Waals surface area contributed by atoms with Crippen molar-refractivity contribution in [3.8, 4) is 11.5 Å². The van der Waals surface area contributed by atoms with Gasteiger partial charge in [-0.1, -0.05) is 6.92 Å². The van der Waals surface area contributed by atoms with Gasteiger partial charge in [0.25, 0.3) is 0 Å². The van der Waals surface area contributed by atoms with Crippen LogP contribution < -0.4 is 14.8 Å². The predicted molar refractivity (Wildman–Crippen MR) is 85.2 cm³/mol. The number of thioether (sulfide) groups is 1. The van der Waals surface area contributed by atoms with E-state index in [-0.39, 0.29) is 6.04 Å². The van der Waals surface area contributed by atoms with Crippen LogP contribution in [0.25, 0.3) is 0 Å². The Morgan fingerprint density at radius 1 is 1.20 bits per heavy atom. The van der Waals surface area contributed by atoms with Gasteiger partial charge >= 0.3 is 0 Å². The molecule has 0 saturated heterocycles. The summed E-state index contributed by atoms with van der Waals surface area (Å²) in [7, 11) is 5.11. The van der Waals surface area contributed by atoms with Crippen LogP contribution in [0.3, 0.4) is 0 Å². The average molecular weight is 299 g/mol. The van der Waals surface area contributed by atoms with Crippen LogP contribution >= 0.6 is 11.8 Å². The first-order chi connectivity index (χ1) is 9.76. The fraction of sp³-hybridized carbons (Fsp3) is 0.600. The van der Waals surface area contributed by atoms with Crippen molar-refractivity contribution in [3.05, 3.63) is 23.8 Å². The number of rotatable bonds is 10. The summed E-state index contributed by atoms with van der Waals surface area (Å²) in [6, 6.07) is 6.16. The molecule has 1 aromatic rings. The maximum atomic E-state index is 5.47. The number of ether oxygens (including phenoxy) is 3. The van der Waals surface area contributed by atoms with Crippen molar-refractivity contribution in [2.24, 2.45) is 0 Å². The summed E-state index contributed by atoms with van der Waals surface area (Å²) in [5, 5.41) is 3.50. The molecule has 1 atom stereocenters. The van der Waals surface area contributed by atoms with E-state index in [0.29, 0.717) is 0 Å². The molecule has 0 aromatic heterocycles. The van der Waals surface area contributed by atoms with Crippen LogP contribution in [0.4, 0.5) is 0 Å². The molecule has 1 N–H and O–H groups in total. The Kier molecular flexibility index (Phi) is 8.49. The number of nitrogens with one attached hydrogen (secondary N) is 1. The highest BCUT2D eigenvalue weighted by Gasteiger charge is 2.16. The summed E-state index contributed by atoms with van der Waals surface area (Å²) < 4.78 is 15.9. The van der Waals surface area contributed by atoms with Gasteiger partial charge in [-0.25, -0.2) is 0 Å². The number of benzene rings is 1. The molecule has 0 radical (unpaired) electrons. The van der Waals surface area contributed by atoms with Crippen molar-refractivity contribution in [2.45, 2.75) is 13.0 Å². The van der Waals surface area contributed by atoms with Gasteiger partial charge in [0.1, 0.15) is 11.5 Å². The van der Waals surface area contributed by atoms with Crippen molar-refractivity contribution in [1.82, 2.24) is 5.32 Å². The molecule has 1 rings (SSSR count). The summed E-state index contributed by atoms with van der Waals surface area (Å²) in [5.41, 5.74) is 1.14. The molecule has 0 fully saturated rings. The minimum atomic E-state index is 0.243.